The third-order valence-corrected chi connectivity index (χ3v) is 5.60. The van der Waals surface area contributed by atoms with E-state index in [1.165, 1.54) is 0 Å². The van der Waals surface area contributed by atoms with Crippen molar-refractivity contribution in [3.05, 3.63) is 35.9 Å². The number of carboxylic acid groups (broad SMARTS) is 2. The van der Waals surface area contributed by atoms with E-state index >= 15 is 0 Å². The largest absolute Gasteiger partial charge is 0.481 e. The molecule has 0 aliphatic heterocycles. The van der Waals surface area contributed by atoms with Gasteiger partial charge in [-0.3, -0.25) is 19.2 Å². The van der Waals surface area contributed by atoms with Crippen molar-refractivity contribution in [2.75, 3.05) is 5.75 Å². The Hall–Kier alpha value is -3.12. The Kier molecular flexibility index (Phi) is 12.1. The Labute approximate surface area is 203 Å². The fraction of sp³-hybridized carbons (Fsp3) is 0.500. The van der Waals surface area contributed by atoms with E-state index in [1.54, 1.807) is 44.2 Å². The minimum Gasteiger partial charge on any atom is -0.481 e. The number of nitrogens with one attached hydrogen (secondary N) is 3. The molecule has 0 radical (unpaired) electrons. The van der Waals surface area contributed by atoms with Crippen molar-refractivity contribution < 1.29 is 34.2 Å². The molecule has 0 aliphatic rings. The third kappa shape index (κ3) is 9.40. The van der Waals surface area contributed by atoms with Gasteiger partial charge in [0.25, 0.3) is 0 Å². The van der Waals surface area contributed by atoms with E-state index in [4.69, 9.17) is 10.8 Å². The van der Waals surface area contributed by atoms with Gasteiger partial charge in [-0.2, -0.15) is 12.6 Å². The molecule has 5 atom stereocenters. The second-order valence-electron chi connectivity index (χ2n) is 7.91. The van der Waals surface area contributed by atoms with Crippen LogP contribution in [-0.2, 0) is 30.4 Å². The molecule has 0 bridgehead atoms. The van der Waals surface area contributed by atoms with Crippen molar-refractivity contribution in [2.45, 2.75) is 57.3 Å². The molecule has 1 aromatic carbocycles. The number of nitrogens with two attached hydrogens (primary N) is 1. The highest BCUT2D eigenvalue weighted by Crippen LogP contribution is 2.11. The Balaban J connectivity index is 3.11. The van der Waals surface area contributed by atoms with E-state index in [2.05, 4.69) is 28.6 Å². The molecule has 7 N–H and O–H groups in total. The normalized spacial score (nSPS) is 15.2. The molecule has 0 saturated carbocycles. The molecule has 3 amide bonds. The van der Waals surface area contributed by atoms with E-state index in [1.807, 2.05) is 0 Å². The molecule has 5 unspecified atom stereocenters. The number of carbonyl (C=O) groups excluding carboxylic acids is 3. The van der Waals surface area contributed by atoms with Crippen LogP contribution in [0.5, 0.6) is 0 Å². The summed E-state index contributed by atoms with van der Waals surface area (Å²) in [7, 11) is 0. The number of hydrogen-bond donors (Lipinski definition) is 7. The van der Waals surface area contributed by atoms with Crippen LogP contribution in [0.1, 0.15) is 32.3 Å². The SMILES string of the molecule is CCC(C)C(NC(=O)C(Cc1ccccc1)NC(=O)C(N)CC(=O)O)C(=O)NC(CS)C(=O)O. The summed E-state index contributed by atoms with van der Waals surface area (Å²) >= 11 is 3.93. The summed E-state index contributed by atoms with van der Waals surface area (Å²) in [6.45, 7) is 3.52. The van der Waals surface area contributed by atoms with Gasteiger partial charge >= 0.3 is 11.9 Å². The number of thiol groups is 1. The number of benzene rings is 1. The van der Waals surface area contributed by atoms with E-state index in [9.17, 15) is 29.1 Å². The maximum absolute atomic E-state index is 13.2. The van der Waals surface area contributed by atoms with Gasteiger partial charge in [0.15, 0.2) is 0 Å². The van der Waals surface area contributed by atoms with Gasteiger partial charge in [0.1, 0.15) is 18.1 Å². The Morgan fingerprint density at radius 1 is 0.941 bits per heavy atom. The van der Waals surface area contributed by atoms with Crippen LogP contribution < -0.4 is 21.7 Å². The number of amides is 3. The number of carbonyl (C=O) groups is 5. The molecule has 0 fully saturated rings. The monoisotopic (exact) mass is 496 g/mol. The highest BCUT2D eigenvalue weighted by Gasteiger charge is 2.32. The van der Waals surface area contributed by atoms with E-state index < -0.39 is 60.2 Å². The van der Waals surface area contributed by atoms with Crippen LogP contribution >= 0.6 is 12.6 Å². The average molecular weight is 497 g/mol. The summed E-state index contributed by atoms with van der Waals surface area (Å²) in [6, 6.07) is 3.92. The second kappa shape index (κ2) is 14.2. The van der Waals surface area contributed by atoms with Crippen molar-refractivity contribution in [3.8, 4) is 0 Å². The molecule has 12 heteroatoms. The van der Waals surface area contributed by atoms with Crippen LogP contribution in [0.15, 0.2) is 30.3 Å². The molecular formula is C22H32N4O7S. The zero-order chi connectivity index (χ0) is 25.8. The van der Waals surface area contributed by atoms with Gasteiger partial charge in [-0.25, -0.2) is 4.79 Å². The predicted molar refractivity (Wildman–Crippen MR) is 127 cm³/mol. The number of rotatable bonds is 14. The van der Waals surface area contributed by atoms with Gasteiger partial charge in [0, 0.05) is 12.2 Å². The molecule has 0 saturated heterocycles. The molecule has 188 valence electrons. The maximum atomic E-state index is 13.2. The fourth-order valence-electron chi connectivity index (χ4n) is 3.02. The van der Waals surface area contributed by atoms with Gasteiger partial charge in [-0.1, -0.05) is 50.6 Å². The highest BCUT2D eigenvalue weighted by molar-refractivity contribution is 7.80. The highest BCUT2D eigenvalue weighted by atomic mass is 32.1. The molecule has 11 nitrogen and oxygen atoms in total. The van der Waals surface area contributed by atoms with Gasteiger partial charge in [-0.05, 0) is 11.5 Å². The summed E-state index contributed by atoms with van der Waals surface area (Å²) in [5.41, 5.74) is 6.33. The molecule has 0 spiro atoms. The van der Waals surface area contributed by atoms with Crippen LogP contribution in [0.2, 0.25) is 0 Å². The minimum atomic E-state index is -1.37. The first-order valence-corrected chi connectivity index (χ1v) is 11.4. The van der Waals surface area contributed by atoms with Crippen LogP contribution in [0.3, 0.4) is 0 Å². The van der Waals surface area contributed by atoms with Crippen molar-refractivity contribution >= 4 is 42.3 Å². The van der Waals surface area contributed by atoms with Crippen LogP contribution in [-0.4, -0.2) is 69.8 Å². The van der Waals surface area contributed by atoms with Crippen molar-refractivity contribution in [3.63, 3.8) is 0 Å². The first-order chi connectivity index (χ1) is 16.0. The second-order valence-corrected chi connectivity index (χ2v) is 8.27. The maximum Gasteiger partial charge on any atom is 0.327 e. The fourth-order valence-corrected chi connectivity index (χ4v) is 3.27. The number of aliphatic carboxylic acids is 2. The standard InChI is InChI=1S/C22H32N4O7S/c1-3-12(2)18(21(31)25-16(11-34)22(32)33)26-20(30)15(9-13-7-5-4-6-8-13)24-19(29)14(23)10-17(27)28/h4-8,12,14-16,18,34H,3,9-11,23H2,1-2H3,(H,24,29)(H,25,31)(H,26,30)(H,27,28)(H,32,33). The molecule has 0 aliphatic carbocycles. The summed E-state index contributed by atoms with van der Waals surface area (Å²) in [5, 5.41) is 25.5. The first-order valence-electron chi connectivity index (χ1n) is 10.8. The van der Waals surface area contributed by atoms with E-state index in [0.29, 0.717) is 12.0 Å². The van der Waals surface area contributed by atoms with Gasteiger partial charge in [-0.15, -0.1) is 0 Å². The summed E-state index contributed by atoms with van der Waals surface area (Å²) in [5.74, 6) is -5.26. The van der Waals surface area contributed by atoms with Gasteiger partial charge in [0.2, 0.25) is 17.7 Å². The zero-order valence-corrected chi connectivity index (χ0v) is 20.0. The molecule has 1 rings (SSSR count). The minimum absolute atomic E-state index is 0.0570. The Morgan fingerprint density at radius 2 is 1.53 bits per heavy atom. The smallest absolute Gasteiger partial charge is 0.327 e. The lowest BCUT2D eigenvalue weighted by molar-refractivity contribution is -0.142. The topological polar surface area (TPSA) is 188 Å². The predicted octanol–water partition coefficient (Wildman–Crippen LogP) is -0.454. The van der Waals surface area contributed by atoms with E-state index in [-0.39, 0.29) is 18.1 Å². The summed E-state index contributed by atoms with van der Waals surface area (Å²) in [6.07, 6.45) is -0.0681. The zero-order valence-electron chi connectivity index (χ0n) is 19.1. The lowest BCUT2D eigenvalue weighted by atomic mass is 9.96. The molecule has 1 aromatic rings. The molecule has 0 aromatic heterocycles. The first kappa shape index (κ1) is 28.9. The van der Waals surface area contributed by atoms with Gasteiger partial charge in [0.05, 0.1) is 12.5 Å². The summed E-state index contributed by atoms with van der Waals surface area (Å²) < 4.78 is 0. The van der Waals surface area contributed by atoms with Crippen LogP contribution in [0, 0.1) is 5.92 Å². The lowest BCUT2D eigenvalue weighted by Crippen LogP contribution is -2.59. The van der Waals surface area contributed by atoms with Crippen molar-refractivity contribution in [1.82, 2.24) is 16.0 Å². The molecule has 0 heterocycles. The molecular weight excluding hydrogens is 464 g/mol. The Bertz CT molecular complexity index is 868. The van der Waals surface area contributed by atoms with Crippen LogP contribution in [0.25, 0.3) is 0 Å². The summed E-state index contributed by atoms with van der Waals surface area (Å²) in [4.78, 5) is 60.5. The third-order valence-electron chi connectivity index (χ3n) is 5.24. The number of hydrogen-bond acceptors (Lipinski definition) is 7. The van der Waals surface area contributed by atoms with Gasteiger partial charge < -0.3 is 31.9 Å². The quantitative estimate of drug-likeness (QED) is 0.169. The van der Waals surface area contributed by atoms with E-state index in [0.717, 1.165) is 0 Å². The van der Waals surface area contributed by atoms with Crippen LogP contribution in [0.4, 0.5) is 0 Å². The lowest BCUT2D eigenvalue weighted by Gasteiger charge is -2.28. The molecule has 34 heavy (non-hydrogen) atoms. The van der Waals surface area contributed by atoms with Crippen molar-refractivity contribution in [1.29, 1.82) is 0 Å². The Morgan fingerprint density at radius 3 is 2.03 bits per heavy atom. The van der Waals surface area contributed by atoms with Crippen molar-refractivity contribution in [2.24, 2.45) is 11.7 Å². The number of carboxylic acids is 2. The average Bonchev–Trinajstić information content (AvgIpc) is 2.79.